The summed E-state index contributed by atoms with van der Waals surface area (Å²) < 4.78 is 6.68. The normalized spacial score (nSPS) is 16.3. The number of rotatable bonds is 7. The number of nitrogens with zero attached hydrogens (tertiary/aromatic N) is 4. The Morgan fingerprint density at radius 3 is 2.73 bits per heavy atom. The van der Waals surface area contributed by atoms with Crippen LogP contribution >= 0.6 is 0 Å². The van der Waals surface area contributed by atoms with Crippen LogP contribution in [0.5, 0.6) is 0 Å². The molecule has 0 saturated heterocycles. The predicted molar refractivity (Wildman–Crippen MR) is 108 cm³/mol. The lowest BCUT2D eigenvalue weighted by molar-refractivity contribution is -0.152. The van der Waals surface area contributed by atoms with Gasteiger partial charge in [-0.25, -0.2) is 9.48 Å². The summed E-state index contributed by atoms with van der Waals surface area (Å²) in [5.74, 6) is -0.870. The molecule has 1 aromatic heterocycles. The number of carbonyl (C=O) groups excluding carboxylic acids is 2. The van der Waals surface area contributed by atoms with Crippen LogP contribution in [0.4, 0.5) is 0 Å². The fourth-order valence-electron chi connectivity index (χ4n) is 3.81. The van der Waals surface area contributed by atoms with E-state index in [4.69, 9.17) is 4.74 Å². The van der Waals surface area contributed by atoms with Crippen LogP contribution in [0.3, 0.4) is 0 Å². The van der Waals surface area contributed by atoms with Gasteiger partial charge < -0.3 is 10.1 Å². The maximum atomic E-state index is 12.7. The van der Waals surface area contributed by atoms with Crippen molar-refractivity contribution in [2.45, 2.75) is 37.8 Å². The first-order valence-corrected chi connectivity index (χ1v) is 10.0. The molecule has 8 nitrogen and oxygen atoms in total. The molecule has 1 N–H and O–H groups in total. The molecule has 0 fully saturated rings. The molecule has 8 heteroatoms. The number of carbonyl (C=O) groups is 2. The minimum Gasteiger partial charge on any atom is -0.454 e. The van der Waals surface area contributed by atoms with Crippen LogP contribution in [-0.2, 0) is 27.2 Å². The van der Waals surface area contributed by atoms with E-state index in [0.717, 1.165) is 30.4 Å². The van der Waals surface area contributed by atoms with Crippen molar-refractivity contribution >= 4 is 11.9 Å². The summed E-state index contributed by atoms with van der Waals surface area (Å²) in [5.41, 5.74) is 3.34. The number of aryl methyl sites for hydroxylation is 1. The first-order chi connectivity index (χ1) is 14.7. The SMILES string of the molecule is O=C(COC(=O)[C@H](Cc1ccccc1)n1cnnn1)N[C@@H]1CCCc2ccccc21. The summed E-state index contributed by atoms with van der Waals surface area (Å²) in [6.45, 7) is -0.342. The number of esters is 1. The van der Waals surface area contributed by atoms with Crippen LogP contribution in [0.15, 0.2) is 60.9 Å². The Bertz CT molecular complexity index is 991. The smallest absolute Gasteiger partial charge is 0.331 e. The molecule has 4 rings (SSSR count). The first kappa shape index (κ1) is 19.8. The lowest BCUT2D eigenvalue weighted by Crippen LogP contribution is -2.35. The summed E-state index contributed by atoms with van der Waals surface area (Å²) in [7, 11) is 0. The molecule has 0 unspecified atom stereocenters. The fraction of sp³-hybridized carbons (Fsp3) is 0.318. The molecule has 1 aliphatic carbocycles. The van der Waals surface area contributed by atoms with E-state index in [0.29, 0.717) is 6.42 Å². The van der Waals surface area contributed by atoms with Crippen LogP contribution in [0.25, 0.3) is 0 Å². The number of hydrogen-bond donors (Lipinski definition) is 1. The molecule has 1 heterocycles. The highest BCUT2D eigenvalue weighted by Crippen LogP contribution is 2.29. The molecule has 3 aromatic rings. The molecular weight excluding hydrogens is 382 g/mol. The van der Waals surface area contributed by atoms with Gasteiger partial charge in [0.25, 0.3) is 5.91 Å². The van der Waals surface area contributed by atoms with E-state index in [1.807, 2.05) is 48.5 Å². The topological polar surface area (TPSA) is 99.0 Å². The van der Waals surface area contributed by atoms with E-state index >= 15 is 0 Å². The van der Waals surface area contributed by atoms with E-state index < -0.39 is 12.0 Å². The van der Waals surface area contributed by atoms with Gasteiger partial charge in [0.05, 0.1) is 6.04 Å². The molecule has 0 spiro atoms. The molecule has 0 aliphatic heterocycles. The van der Waals surface area contributed by atoms with Gasteiger partial charge in [-0.1, -0.05) is 54.6 Å². The second-order valence-corrected chi connectivity index (χ2v) is 7.31. The van der Waals surface area contributed by atoms with Crippen molar-refractivity contribution in [3.8, 4) is 0 Å². The standard InChI is InChI=1S/C22H23N5O3/c28-21(24-19-12-6-10-17-9-4-5-11-18(17)19)14-30-22(29)20(27-15-23-25-26-27)13-16-7-2-1-3-8-16/h1-5,7-9,11,15,19-20H,6,10,12-14H2,(H,24,28)/t19-,20+/m1/s1. The van der Waals surface area contributed by atoms with Gasteiger partial charge >= 0.3 is 5.97 Å². The van der Waals surface area contributed by atoms with Crippen molar-refractivity contribution in [3.63, 3.8) is 0 Å². The van der Waals surface area contributed by atoms with Crippen LogP contribution < -0.4 is 5.32 Å². The lowest BCUT2D eigenvalue weighted by Gasteiger charge is -2.26. The Morgan fingerprint density at radius 1 is 1.13 bits per heavy atom. The first-order valence-electron chi connectivity index (χ1n) is 10.0. The Hall–Kier alpha value is -3.55. The molecular formula is C22H23N5O3. The average Bonchev–Trinajstić information content (AvgIpc) is 3.31. The van der Waals surface area contributed by atoms with Crippen LogP contribution in [0.2, 0.25) is 0 Å². The highest BCUT2D eigenvalue weighted by atomic mass is 16.5. The highest BCUT2D eigenvalue weighted by Gasteiger charge is 2.26. The van der Waals surface area contributed by atoms with E-state index in [-0.39, 0.29) is 18.6 Å². The van der Waals surface area contributed by atoms with Crippen LogP contribution in [-0.4, -0.2) is 38.7 Å². The Kier molecular flexibility index (Phi) is 6.12. The number of tetrazole rings is 1. The van der Waals surface area contributed by atoms with Gasteiger partial charge in [-0.15, -0.1) is 5.10 Å². The Labute approximate surface area is 174 Å². The summed E-state index contributed by atoms with van der Waals surface area (Å²) in [6, 6.07) is 16.8. The number of ether oxygens (including phenoxy) is 1. The molecule has 2 atom stereocenters. The Morgan fingerprint density at radius 2 is 1.93 bits per heavy atom. The second-order valence-electron chi connectivity index (χ2n) is 7.31. The number of nitrogens with one attached hydrogen (secondary N) is 1. The molecule has 0 radical (unpaired) electrons. The third-order valence-corrected chi connectivity index (χ3v) is 5.28. The number of fused-ring (bicyclic) bond motifs is 1. The van der Waals surface area contributed by atoms with Gasteiger partial charge in [0.1, 0.15) is 6.33 Å². The van der Waals surface area contributed by atoms with Gasteiger partial charge in [-0.05, 0) is 46.4 Å². The summed E-state index contributed by atoms with van der Waals surface area (Å²) in [4.78, 5) is 25.2. The minimum absolute atomic E-state index is 0.0548. The summed E-state index contributed by atoms with van der Waals surface area (Å²) in [5, 5.41) is 14.0. The van der Waals surface area contributed by atoms with Gasteiger partial charge in [0.2, 0.25) is 0 Å². The predicted octanol–water partition coefficient (Wildman–Crippen LogP) is 2.19. The maximum absolute atomic E-state index is 12.7. The van der Waals surface area contributed by atoms with Crippen molar-refractivity contribution in [2.75, 3.05) is 6.61 Å². The van der Waals surface area contributed by atoms with Crippen molar-refractivity contribution in [2.24, 2.45) is 0 Å². The van der Waals surface area contributed by atoms with Crippen molar-refractivity contribution in [1.82, 2.24) is 25.5 Å². The average molecular weight is 405 g/mol. The van der Waals surface area contributed by atoms with E-state index in [2.05, 4.69) is 26.9 Å². The molecule has 2 aromatic carbocycles. The third kappa shape index (κ3) is 4.71. The fourth-order valence-corrected chi connectivity index (χ4v) is 3.81. The number of benzene rings is 2. The third-order valence-electron chi connectivity index (χ3n) is 5.28. The summed E-state index contributed by atoms with van der Waals surface area (Å²) in [6.07, 6.45) is 4.64. The number of hydrogen-bond acceptors (Lipinski definition) is 6. The molecule has 1 amide bonds. The maximum Gasteiger partial charge on any atom is 0.331 e. The lowest BCUT2D eigenvalue weighted by atomic mass is 9.88. The van der Waals surface area contributed by atoms with Crippen molar-refractivity contribution in [1.29, 1.82) is 0 Å². The highest BCUT2D eigenvalue weighted by molar-refractivity contribution is 5.82. The molecule has 0 bridgehead atoms. The van der Waals surface area contributed by atoms with Crippen molar-refractivity contribution < 1.29 is 14.3 Å². The minimum atomic E-state index is -0.745. The van der Waals surface area contributed by atoms with Crippen LogP contribution in [0.1, 0.15) is 41.6 Å². The van der Waals surface area contributed by atoms with Gasteiger partial charge in [-0.3, -0.25) is 4.79 Å². The number of amides is 1. The van der Waals surface area contributed by atoms with Gasteiger partial charge in [-0.2, -0.15) is 0 Å². The molecule has 1 aliphatic rings. The zero-order chi connectivity index (χ0) is 20.8. The summed E-state index contributed by atoms with van der Waals surface area (Å²) >= 11 is 0. The zero-order valence-corrected chi connectivity index (χ0v) is 16.5. The van der Waals surface area contributed by atoms with Gasteiger partial charge in [0, 0.05) is 6.42 Å². The van der Waals surface area contributed by atoms with Crippen LogP contribution in [0, 0.1) is 0 Å². The molecule has 154 valence electrons. The van der Waals surface area contributed by atoms with Crippen molar-refractivity contribution in [3.05, 3.63) is 77.6 Å². The monoisotopic (exact) mass is 405 g/mol. The van der Waals surface area contributed by atoms with E-state index in [1.165, 1.54) is 16.6 Å². The zero-order valence-electron chi connectivity index (χ0n) is 16.5. The number of aromatic nitrogens is 4. The van der Waals surface area contributed by atoms with Gasteiger partial charge in [0.15, 0.2) is 12.6 Å². The second kappa shape index (κ2) is 9.30. The Balaban J connectivity index is 1.37. The van der Waals surface area contributed by atoms with E-state index in [1.54, 1.807) is 0 Å². The van der Waals surface area contributed by atoms with E-state index in [9.17, 15) is 9.59 Å². The molecule has 0 saturated carbocycles. The largest absolute Gasteiger partial charge is 0.454 e. The molecule has 30 heavy (non-hydrogen) atoms. The quantitative estimate of drug-likeness (QED) is 0.605.